The Bertz CT molecular complexity index is 432. The van der Waals surface area contributed by atoms with Crippen LogP contribution in [0.5, 0.6) is 0 Å². The van der Waals surface area contributed by atoms with Gasteiger partial charge in [-0.05, 0) is 33.6 Å². The first-order chi connectivity index (χ1) is 8.90. The fourth-order valence-corrected chi connectivity index (χ4v) is 2.52. The van der Waals surface area contributed by atoms with Crippen molar-refractivity contribution in [3.63, 3.8) is 0 Å². The molecule has 0 bridgehead atoms. The number of alkyl halides is 4. The molecule has 2 aliphatic rings. The minimum atomic E-state index is -1.20. The van der Waals surface area contributed by atoms with Crippen molar-refractivity contribution in [2.45, 2.75) is 47.0 Å². The third-order valence-electron chi connectivity index (χ3n) is 2.77. The molecule has 0 aliphatic heterocycles. The van der Waals surface area contributed by atoms with Crippen LogP contribution < -0.4 is 0 Å². The van der Waals surface area contributed by atoms with E-state index in [1.165, 1.54) is 0 Å². The van der Waals surface area contributed by atoms with E-state index in [9.17, 15) is 9.00 Å². The summed E-state index contributed by atoms with van der Waals surface area (Å²) >= 11 is 22.4. The van der Waals surface area contributed by atoms with Gasteiger partial charge in [-0.25, -0.2) is 4.21 Å². The van der Waals surface area contributed by atoms with Crippen LogP contribution >= 0.6 is 46.4 Å². The standard InChI is InChI=1S/C8H13Cl2NOS.C4H4Cl2O/c1-7(2,3)13(12)11-5-6-4-8(6,9)10;5-4(6)1-3(4)2-7/h5-6H,4H2,1-3H3;2-3H,1H2/t6?,13-;/m0./s1. The molecule has 0 aromatic heterocycles. The summed E-state index contributed by atoms with van der Waals surface area (Å²) in [7, 11) is -1.20. The van der Waals surface area contributed by atoms with Crippen molar-refractivity contribution >= 4 is 69.9 Å². The summed E-state index contributed by atoms with van der Waals surface area (Å²) in [6, 6.07) is 0. The lowest BCUT2D eigenvalue weighted by molar-refractivity contribution is -0.108. The second-order valence-corrected chi connectivity index (χ2v) is 10.9. The van der Waals surface area contributed by atoms with Gasteiger partial charge in [0.15, 0.2) is 0 Å². The third-order valence-corrected chi connectivity index (χ3v) is 5.87. The Morgan fingerprint density at radius 3 is 1.70 bits per heavy atom. The number of halogens is 4. The molecule has 0 aromatic rings. The van der Waals surface area contributed by atoms with Crippen molar-refractivity contribution in [3.05, 3.63) is 0 Å². The van der Waals surface area contributed by atoms with Crippen molar-refractivity contribution in [1.29, 1.82) is 0 Å². The van der Waals surface area contributed by atoms with Gasteiger partial charge in [0.1, 0.15) is 25.9 Å². The smallest absolute Gasteiger partial charge is 0.144 e. The van der Waals surface area contributed by atoms with Gasteiger partial charge in [-0.15, -0.1) is 46.4 Å². The van der Waals surface area contributed by atoms with Crippen molar-refractivity contribution in [3.8, 4) is 0 Å². The molecule has 0 aromatic carbocycles. The molecule has 2 aliphatic carbocycles. The monoisotopic (exact) mass is 379 g/mol. The molecular weight excluding hydrogens is 364 g/mol. The number of hydrogen-bond donors (Lipinski definition) is 0. The zero-order chi connectivity index (χ0) is 15.8. The normalized spacial score (nSPS) is 31.1. The summed E-state index contributed by atoms with van der Waals surface area (Å²) in [5.41, 5.74) is 0. The molecule has 0 N–H and O–H groups in total. The Kier molecular flexibility index (Phi) is 5.99. The Morgan fingerprint density at radius 1 is 1.10 bits per heavy atom. The first-order valence-electron chi connectivity index (χ1n) is 6.07. The van der Waals surface area contributed by atoms with Crippen molar-refractivity contribution in [1.82, 2.24) is 0 Å². The lowest BCUT2D eigenvalue weighted by Gasteiger charge is -2.12. The summed E-state index contributed by atoms with van der Waals surface area (Å²) in [6.07, 6.45) is 3.74. The van der Waals surface area contributed by atoms with E-state index < -0.39 is 19.7 Å². The largest absolute Gasteiger partial charge is 0.303 e. The number of carbonyl (C=O) groups is 1. The van der Waals surface area contributed by atoms with E-state index in [2.05, 4.69) is 4.40 Å². The number of nitrogens with zero attached hydrogens (tertiary/aromatic N) is 1. The lowest BCUT2D eigenvalue weighted by Crippen LogP contribution is -2.19. The summed E-state index contributed by atoms with van der Waals surface area (Å²) in [5, 5.41) is 0. The Balaban J connectivity index is 0.000000240. The number of aldehydes is 1. The van der Waals surface area contributed by atoms with Gasteiger partial charge in [-0.2, -0.15) is 4.40 Å². The van der Waals surface area contributed by atoms with Gasteiger partial charge in [-0.1, -0.05) is 0 Å². The molecule has 2 rings (SSSR count). The average Bonchev–Trinajstić information content (AvgIpc) is 3.10. The van der Waals surface area contributed by atoms with Crippen LogP contribution in [0.1, 0.15) is 33.6 Å². The molecule has 0 spiro atoms. The Hall–Kier alpha value is 0.650. The topological polar surface area (TPSA) is 46.5 Å². The summed E-state index contributed by atoms with van der Waals surface area (Å²) in [5.74, 6) is -0.0297. The van der Waals surface area contributed by atoms with Crippen LogP contribution in [0.2, 0.25) is 0 Å². The SMILES string of the molecule is CC(C)(C)[S@](=O)N=CC1CC1(Cl)Cl.O=CC1CC1(Cl)Cl. The first-order valence-corrected chi connectivity index (χ1v) is 8.69. The molecular formula is C12H17Cl4NO2S. The van der Waals surface area contributed by atoms with E-state index in [-0.39, 0.29) is 16.6 Å². The van der Waals surface area contributed by atoms with Gasteiger partial charge in [-0.3, -0.25) is 0 Å². The van der Waals surface area contributed by atoms with E-state index in [0.717, 1.165) is 6.29 Å². The van der Waals surface area contributed by atoms with Gasteiger partial charge in [0.2, 0.25) is 0 Å². The minimum absolute atomic E-state index is 0.0714. The molecule has 2 unspecified atom stereocenters. The molecule has 0 saturated heterocycles. The highest BCUT2D eigenvalue weighted by Crippen LogP contribution is 2.52. The van der Waals surface area contributed by atoms with Crippen LogP contribution in [0.25, 0.3) is 0 Å². The molecule has 116 valence electrons. The summed E-state index contributed by atoms with van der Waals surface area (Å²) < 4.78 is 13.7. The molecule has 3 nitrogen and oxygen atoms in total. The van der Waals surface area contributed by atoms with Crippen LogP contribution in [0, 0.1) is 11.8 Å². The highest BCUT2D eigenvalue weighted by atomic mass is 35.5. The molecule has 0 radical (unpaired) electrons. The van der Waals surface area contributed by atoms with Gasteiger partial charge >= 0.3 is 0 Å². The molecule has 2 fully saturated rings. The van der Waals surface area contributed by atoms with Gasteiger partial charge in [0.05, 0.1) is 10.7 Å². The third kappa shape index (κ3) is 5.80. The number of rotatable bonds is 3. The molecule has 2 saturated carbocycles. The van der Waals surface area contributed by atoms with Crippen molar-refractivity contribution in [2.75, 3.05) is 0 Å². The van der Waals surface area contributed by atoms with E-state index >= 15 is 0 Å². The number of hydrogen-bond acceptors (Lipinski definition) is 2. The summed E-state index contributed by atoms with van der Waals surface area (Å²) in [6.45, 7) is 5.63. The number of carbonyl (C=O) groups excluding carboxylic acids is 1. The molecule has 20 heavy (non-hydrogen) atoms. The zero-order valence-electron chi connectivity index (χ0n) is 11.4. The maximum atomic E-state index is 11.4. The predicted molar refractivity (Wildman–Crippen MR) is 87.5 cm³/mol. The van der Waals surface area contributed by atoms with Crippen LogP contribution in [-0.2, 0) is 15.8 Å². The highest BCUT2D eigenvalue weighted by Gasteiger charge is 2.51. The van der Waals surface area contributed by atoms with Crippen molar-refractivity contribution in [2.24, 2.45) is 16.2 Å². The van der Waals surface area contributed by atoms with E-state index in [4.69, 9.17) is 46.4 Å². The second kappa shape index (κ2) is 6.41. The maximum Gasteiger partial charge on any atom is 0.144 e. The Labute approximate surface area is 142 Å². The van der Waals surface area contributed by atoms with E-state index in [0.29, 0.717) is 12.8 Å². The molecule has 0 heterocycles. The minimum Gasteiger partial charge on any atom is -0.303 e. The summed E-state index contributed by atoms with van der Waals surface area (Å²) in [4.78, 5) is 9.81. The maximum absolute atomic E-state index is 11.4. The highest BCUT2D eigenvalue weighted by molar-refractivity contribution is 7.85. The van der Waals surface area contributed by atoms with Gasteiger partial charge in [0.25, 0.3) is 0 Å². The molecule has 8 heteroatoms. The zero-order valence-corrected chi connectivity index (χ0v) is 15.2. The fraction of sp³-hybridized carbons (Fsp3) is 0.833. The quantitative estimate of drug-likeness (QED) is 0.420. The van der Waals surface area contributed by atoms with Crippen molar-refractivity contribution < 1.29 is 9.00 Å². The van der Waals surface area contributed by atoms with Crippen LogP contribution in [0.4, 0.5) is 0 Å². The van der Waals surface area contributed by atoms with Gasteiger partial charge in [0, 0.05) is 12.1 Å². The second-order valence-electron chi connectivity index (χ2n) is 5.90. The fourth-order valence-electron chi connectivity index (χ4n) is 1.06. The molecule has 0 amide bonds. The predicted octanol–water partition coefficient (Wildman–Crippen LogP) is 4.09. The van der Waals surface area contributed by atoms with Crippen LogP contribution in [-0.4, -0.2) is 30.1 Å². The lowest BCUT2D eigenvalue weighted by atomic mass is 10.3. The van der Waals surface area contributed by atoms with Gasteiger partial charge < -0.3 is 4.79 Å². The van der Waals surface area contributed by atoms with E-state index in [1.54, 1.807) is 6.21 Å². The molecule has 3 atom stereocenters. The Morgan fingerprint density at radius 2 is 1.50 bits per heavy atom. The first kappa shape index (κ1) is 18.7. The van der Waals surface area contributed by atoms with Crippen LogP contribution in [0.3, 0.4) is 0 Å². The average molecular weight is 381 g/mol. The van der Waals surface area contributed by atoms with E-state index in [1.807, 2.05) is 20.8 Å². The van der Waals surface area contributed by atoms with Crippen LogP contribution in [0.15, 0.2) is 4.40 Å².